The van der Waals surface area contributed by atoms with Gasteiger partial charge in [-0.1, -0.05) is 13.8 Å². The molecule has 5 heteroatoms. The highest BCUT2D eigenvalue weighted by molar-refractivity contribution is 7.89. The zero-order chi connectivity index (χ0) is 15.3. The molecule has 0 N–H and O–H groups in total. The molecule has 4 nitrogen and oxygen atoms in total. The second-order valence-corrected chi connectivity index (χ2v) is 9.29. The van der Waals surface area contributed by atoms with Gasteiger partial charge in [-0.3, -0.25) is 0 Å². The molecule has 1 rings (SSSR count). The predicted molar refractivity (Wildman–Crippen MR) is 85.3 cm³/mol. The fourth-order valence-corrected chi connectivity index (χ4v) is 3.95. The second kappa shape index (κ2) is 7.76. The summed E-state index contributed by atoms with van der Waals surface area (Å²) in [5.74, 6) is 1.66. The van der Waals surface area contributed by atoms with E-state index in [9.17, 15) is 8.42 Å². The lowest BCUT2D eigenvalue weighted by atomic mass is 9.87. The molecule has 1 aliphatic rings. The average molecular weight is 305 g/mol. The summed E-state index contributed by atoms with van der Waals surface area (Å²) in [6.07, 6.45) is 3.50. The van der Waals surface area contributed by atoms with Crippen LogP contribution in [-0.4, -0.2) is 56.1 Å². The quantitative estimate of drug-likeness (QED) is 0.725. The minimum atomic E-state index is -3.09. The lowest BCUT2D eigenvalue weighted by Gasteiger charge is -2.34. The molecule has 1 saturated heterocycles. The predicted octanol–water partition coefficient (Wildman–Crippen LogP) is 2.41. The fraction of sp³-hybridized carbons (Fsp3) is 1.00. The van der Waals surface area contributed by atoms with Gasteiger partial charge in [0, 0.05) is 13.6 Å². The van der Waals surface area contributed by atoms with Crippen LogP contribution >= 0.6 is 0 Å². The van der Waals surface area contributed by atoms with Gasteiger partial charge in [-0.15, -0.1) is 0 Å². The number of rotatable bonds is 7. The minimum absolute atomic E-state index is 0.325. The molecule has 0 atom stereocenters. The summed E-state index contributed by atoms with van der Waals surface area (Å²) in [6, 6.07) is 0. The van der Waals surface area contributed by atoms with Gasteiger partial charge in [0.25, 0.3) is 0 Å². The Bertz CT molecular complexity index is 371. The normalized spacial score (nSPS) is 19.4. The van der Waals surface area contributed by atoms with Gasteiger partial charge in [0.05, 0.1) is 5.25 Å². The minimum Gasteiger partial charge on any atom is -0.303 e. The Hall–Kier alpha value is -0.130. The highest BCUT2D eigenvalue weighted by Crippen LogP contribution is 2.24. The average Bonchev–Trinajstić information content (AvgIpc) is 2.38. The molecule has 1 heterocycles. The van der Waals surface area contributed by atoms with Crippen molar-refractivity contribution in [2.24, 2.45) is 11.8 Å². The van der Waals surface area contributed by atoms with E-state index in [0.717, 1.165) is 24.8 Å². The summed E-state index contributed by atoms with van der Waals surface area (Å²) in [7, 11) is -1.39. The van der Waals surface area contributed by atoms with Crippen LogP contribution in [0, 0.1) is 11.8 Å². The van der Waals surface area contributed by atoms with Crippen molar-refractivity contribution in [2.75, 3.05) is 33.2 Å². The van der Waals surface area contributed by atoms with E-state index in [4.69, 9.17) is 0 Å². The Balaban J connectivity index is 2.26. The van der Waals surface area contributed by atoms with E-state index in [1.165, 1.54) is 30.2 Å². The maximum atomic E-state index is 11.9. The molecule has 0 aliphatic carbocycles. The molecule has 0 bridgehead atoms. The van der Waals surface area contributed by atoms with Gasteiger partial charge >= 0.3 is 0 Å². The first-order chi connectivity index (χ1) is 9.25. The van der Waals surface area contributed by atoms with Crippen LogP contribution in [0.4, 0.5) is 0 Å². The molecule has 0 spiro atoms. The maximum absolute atomic E-state index is 11.9. The van der Waals surface area contributed by atoms with Gasteiger partial charge in [0.15, 0.2) is 0 Å². The lowest BCUT2D eigenvalue weighted by molar-refractivity contribution is 0.155. The summed E-state index contributed by atoms with van der Waals surface area (Å²) in [6.45, 7) is 12.1. The third kappa shape index (κ3) is 5.01. The molecular weight excluding hydrogens is 272 g/mol. The van der Waals surface area contributed by atoms with Crippen molar-refractivity contribution in [2.45, 2.75) is 52.2 Å². The second-order valence-electron chi connectivity index (χ2n) is 6.69. The Morgan fingerprint density at radius 2 is 1.70 bits per heavy atom. The monoisotopic (exact) mass is 304 g/mol. The summed E-state index contributed by atoms with van der Waals surface area (Å²) < 4.78 is 25.4. The van der Waals surface area contributed by atoms with Gasteiger partial charge in [-0.25, -0.2) is 12.7 Å². The molecule has 0 aromatic rings. The molecule has 0 saturated carbocycles. The van der Waals surface area contributed by atoms with E-state index < -0.39 is 10.0 Å². The van der Waals surface area contributed by atoms with Crippen LogP contribution in [0.25, 0.3) is 0 Å². The molecule has 120 valence electrons. The zero-order valence-electron chi connectivity index (χ0n) is 13.8. The van der Waals surface area contributed by atoms with Gasteiger partial charge in [-0.05, 0) is 64.6 Å². The number of likely N-dealkylation sites (tertiary alicyclic amines) is 1. The molecule has 0 radical (unpaired) electrons. The van der Waals surface area contributed by atoms with Gasteiger partial charge < -0.3 is 4.90 Å². The van der Waals surface area contributed by atoms with Crippen molar-refractivity contribution >= 4 is 10.0 Å². The van der Waals surface area contributed by atoms with Crippen molar-refractivity contribution < 1.29 is 8.42 Å². The van der Waals surface area contributed by atoms with E-state index in [1.807, 2.05) is 0 Å². The topological polar surface area (TPSA) is 40.6 Å². The number of hydrogen-bond donors (Lipinski definition) is 0. The summed E-state index contributed by atoms with van der Waals surface area (Å²) >= 11 is 0. The number of sulfonamides is 1. The van der Waals surface area contributed by atoms with E-state index in [-0.39, 0.29) is 5.25 Å². The first-order valence-electron chi connectivity index (χ1n) is 7.92. The van der Waals surface area contributed by atoms with Gasteiger partial charge in [-0.2, -0.15) is 0 Å². The molecule has 0 aromatic carbocycles. The fourth-order valence-electron chi connectivity index (χ4n) is 2.85. The molecule has 0 amide bonds. The van der Waals surface area contributed by atoms with Crippen molar-refractivity contribution in [3.05, 3.63) is 0 Å². The first kappa shape index (κ1) is 17.9. The van der Waals surface area contributed by atoms with Crippen LogP contribution in [0.2, 0.25) is 0 Å². The SMILES string of the molecule is CC(C)C1CCN(CCCN(C)S(=O)(=O)C(C)C)CC1. The Kier molecular flexibility index (Phi) is 6.95. The van der Waals surface area contributed by atoms with Crippen molar-refractivity contribution in [3.8, 4) is 0 Å². The van der Waals surface area contributed by atoms with Gasteiger partial charge in [0.2, 0.25) is 10.0 Å². The number of nitrogens with zero attached hydrogens (tertiary/aromatic N) is 2. The molecule has 1 aliphatic heterocycles. The summed E-state index contributed by atoms with van der Waals surface area (Å²) in [5, 5.41) is -0.325. The molecule has 20 heavy (non-hydrogen) atoms. The Morgan fingerprint density at radius 3 is 2.15 bits per heavy atom. The molecule has 0 aromatic heterocycles. The van der Waals surface area contributed by atoms with Crippen LogP contribution in [-0.2, 0) is 10.0 Å². The van der Waals surface area contributed by atoms with Crippen molar-refractivity contribution in [1.29, 1.82) is 0 Å². The highest BCUT2D eigenvalue weighted by Gasteiger charge is 2.23. The molecular formula is C15H32N2O2S. The third-order valence-electron chi connectivity index (χ3n) is 4.55. The smallest absolute Gasteiger partial charge is 0.216 e. The van der Waals surface area contributed by atoms with Gasteiger partial charge in [0.1, 0.15) is 0 Å². The summed E-state index contributed by atoms with van der Waals surface area (Å²) in [5.41, 5.74) is 0. The van der Waals surface area contributed by atoms with E-state index >= 15 is 0 Å². The summed E-state index contributed by atoms with van der Waals surface area (Å²) in [4.78, 5) is 2.48. The Labute approximate surface area is 125 Å². The van der Waals surface area contributed by atoms with Crippen LogP contribution < -0.4 is 0 Å². The van der Waals surface area contributed by atoms with Crippen molar-refractivity contribution in [3.63, 3.8) is 0 Å². The highest BCUT2D eigenvalue weighted by atomic mass is 32.2. The first-order valence-corrected chi connectivity index (χ1v) is 9.43. The molecule has 0 unspecified atom stereocenters. The number of piperidine rings is 1. The third-order valence-corrected chi connectivity index (χ3v) is 6.80. The van der Waals surface area contributed by atoms with Crippen LogP contribution in [0.3, 0.4) is 0 Å². The lowest BCUT2D eigenvalue weighted by Crippen LogP contribution is -2.38. The number of hydrogen-bond acceptors (Lipinski definition) is 3. The largest absolute Gasteiger partial charge is 0.303 e. The standard InChI is InChI=1S/C15H32N2O2S/c1-13(2)15-7-11-17(12-8-15)10-6-9-16(5)20(18,19)14(3)4/h13-15H,6-12H2,1-5H3. The van der Waals surface area contributed by atoms with E-state index in [0.29, 0.717) is 6.54 Å². The van der Waals surface area contributed by atoms with Crippen LogP contribution in [0.15, 0.2) is 0 Å². The zero-order valence-corrected chi connectivity index (χ0v) is 14.6. The van der Waals surface area contributed by atoms with Crippen LogP contribution in [0.1, 0.15) is 47.0 Å². The van der Waals surface area contributed by atoms with E-state index in [2.05, 4.69) is 18.7 Å². The van der Waals surface area contributed by atoms with Crippen LogP contribution in [0.5, 0.6) is 0 Å². The van der Waals surface area contributed by atoms with Crippen molar-refractivity contribution in [1.82, 2.24) is 9.21 Å². The van der Waals surface area contributed by atoms with E-state index in [1.54, 1.807) is 20.9 Å². The maximum Gasteiger partial charge on any atom is 0.216 e. The molecule has 1 fully saturated rings. The Morgan fingerprint density at radius 1 is 1.15 bits per heavy atom.